The standard InChI is InChI=1S/C15H21N3O2S/c1-3-4-11-21(19,20)17-13(2)14-5-7-15(8-6-14)18-10-9-16-12-18/h5-10,12-13,17H,3-4,11H2,1-2H3/t13-/m1/s1. The van der Waals surface area contributed by atoms with E-state index in [0.717, 1.165) is 17.7 Å². The fraction of sp³-hybridized carbons (Fsp3) is 0.400. The van der Waals surface area contributed by atoms with Crippen molar-refractivity contribution in [2.45, 2.75) is 32.7 Å². The van der Waals surface area contributed by atoms with E-state index >= 15 is 0 Å². The number of nitrogens with zero attached hydrogens (tertiary/aromatic N) is 2. The molecule has 0 aliphatic carbocycles. The van der Waals surface area contributed by atoms with Gasteiger partial charge in [0.05, 0.1) is 12.1 Å². The first kappa shape index (κ1) is 15.7. The summed E-state index contributed by atoms with van der Waals surface area (Å²) in [5.74, 6) is 0.182. The Morgan fingerprint density at radius 2 is 2.00 bits per heavy atom. The summed E-state index contributed by atoms with van der Waals surface area (Å²) in [6, 6.07) is 7.54. The second-order valence-corrected chi connectivity index (χ2v) is 6.95. The zero-order chi connectivity index (χ0) is 15.3. The molecule has 0 aliphatic heterocycles. The average Bonchev–Trinajstić information content (AvgIpc) is 2.99. The van der Waals surface area contributed by atoms with Gasteiger partial charge in [-0.05, 0) is 31.0 Å². The Morgan fingerprint density at radius 3 is 2.57 bits per heavy atom. The summed E-state index contributed by atoms with van der Waals surface area (Å²) < 4.78 is 28.4. The zero-order valence-electron chi connectivity index (χ0n) is 12.4. The molecule has 0 aliphatic rings. The summed E-state index contributed by atoms with van der Waals surface area (Å²) in [6.45, 7) is 3.84. The molecule has 1 atom stereocenters. The van der Waals surface area contributed by atoms with E-state index in [4.69, 9.17) is 0 Å². The molecule has 1 aromatic heterocycles. The normalized spacial score (nSPS) is 13.2. The molecule has 0 bridgehead atoms. The topological polar surface area (TPSA) is 64.0 Å². The molecule has 0 spiro atoms. The molecule has 0 unspecified atom stereocenters. The number of rotatable bonds is 7. The second kappa shape index (κ2) is 6.87. The fourth-order valence-electron chi connectivity index (χ4n) is 2.08. The predicted molar refractivity (Wildman–Crippen MR) is 83.8 cm³/mol. The van der Waals surface area contributed by atoms with E-state index in [1.54, 1.807) is 12.5 Å². The smallest absolute Gasteiger partial charge is 0.212 e. The van der Waals surface area contributed by atoms with Crippen molar-refractivity contribution in [3.63, 3.8) is 0 Å². The van der Waals surface area contributed by atoms with Crippen LogP contribution >= 0.6 is 0 Å². The molecule has 0 saturated heterocycles. The molecule has 2 rings (SSSR count). The maximum Gasteiger partial charge on any atom is 0.212 e. The van der Waals surface area contributed by atoms with E-state index in [9.17, 15) is 8.42 Å². The zero-order valence-corrected chi connectivity index (χ0v) is 13.2. The van der Waals surface area contributed by atoms with Gasteiger partial charge in [0.25, 0.3) is 0 Å². The van der Waals surface area contributed by atoms with E-state index in [0.29, 0.717) is 6.42 Å². The van der Waals surface area contributed by atoms with Gasteiger partial charge in [-0.2, -0.15) is 0 Å². The Balaban J connectivity index is 2.05. The number of sulfonamides is 1. The summed E-state index contributed by atoms with van der Waals surface area (Å²) in [7, 11) is -3.21. The molecular formula is C15H21N3O2S. The maximum atomic E-state index is 11.9. The molecule has 6 heteroatoms. The fourth-order valence-corrected chi connectivity index (χ4v) is 3.54. The van der Waals surface area contributed by atoms with E-state index in [1.165, 1.54) is 0 Å². The van der Waals surface area contributed by atoms with Gasteiger partial charge in [-0.1, -0.05) is 25.5 Å². The van der Waals surface area contributed by atoms with Gasteiger partial charge in [-0.15, -0.1) is 0 Å². The minimum Gasteiger partial charge on any atom is -0.306 e. The molecule has 0 saturated carbocycles. The third-order valence-corrected chi connectivity index (χ3v) is 4.86. The van der Waals surface area contributed by atoms with E-state index in [-0.39, 0.29) is 11.8 Å². The van der Waals surface area contributed by atoms with Gasteiger partial charge in [0.15, 0.2) is 0 Å². The van der Waals surface area contributed by atoms with Crippen molar-refractivity contribution >= 4 is 10.0 Å². The van der Waals surface area contributed by atoms with Crippen molar-refractivity contribution < 1.29 is 8.42 Å². The summed E-state index contributed by atoms with van der Waals surface area (Å²) in [4.78, 5) is 4.00. The lowest BCUT2D eigenvalue weighted by atomic mass is 10.1. The number of aromatic nitrogens is 2. The molecule has 5 nitrogen and oxygen atoms in total. The van der Waals surface area contributed by atoms with Crippen LogP contribution in [0.15, 0.2) is 43.0 Å². The van der Waals surface area contributed by atoms with Crippen LogP contribution in [0.5, 0.6) is 0 Å². The van der Waals surface area contributed by atoms with Gasteiger partial charge in [0.1, 0.15) is 0 Å². The van der Waals surface area contributed by atoms with Crippen molar-refractivity contribution in [2.75, 3.05) is 5.75 Å². The Morgan fingerprint density at radius 1 is 1.29 bits per heavy atom. The third-order valence-electron chi connectivity index (χ3n) is 3.32. The van der Waals surface area contributed by atoms with Crippen LogP contribution in [0.2, 0.25) is 0 Å². The number of benzene rings is 1. The van der Waals surface area contributed by atoms with Crippen molar-refractivity contribution in [1.29, 1.82) is 0 Å². The quantitative estimate of drug-likeness (QED) is 0.855. The first-order chi connectivity index (χ1) is 10.0. The van der Waals surface area contributed by atoms with Crippen molar-refractivity contribution in [3.05, 3.63) is 48.5 Å². The molecule has 0 fully saturated rings. The van der Waals surface area contributed by atoms with Gasteiger partial charge in [-0.3, -0.25) is 0 Å². The SMILES string of the molecule is CCCCS(=O)(=O)N[C@H](C)c1ccc(-n2ccnc2)cc1. The van der Waals surface area contributed by atoms with Crippen LogP contribution in [0.4, 0.5) is 0 Å². The number of unbranched alkanes of at least 4 members (excludes halogenated alkanes) is 1. The summed E-state index contributed by atoms with van der Waals surface area (Å²) >= 11 is 0. The highest BCUT2D eigenvalue weighted by Crippen LogP contribution is 2.16. The number of hydrogen-bond acceptors (Lipinski definition) is 3. The summed E-state index contributed by atoms with van der Waals surface area (Å²) in [5, 5.41) is 0. The van der Waals surface area contributed by atoms with Crippen LogP contribution in [0.3, 0.4) is 0 Å². The van der Waals surface area contributed by atoms with Gasteiger partial charge < -0.3 is 4.57 Å². The average molecular weight is 307 g/mol. The van der Waals surface area contributed by atoms with Crippen molar-refractivity contribution in [2.24, 2.45) is 0 Å². The van der Waals surface area contributed by atoms with Crippen LogP contribution in [0.25, 0.3) is 5.69 Å². The molecule has 1 N–H and O–H groups in total. The molecule has 21 heavy (non-hydrogen) atoms. The highest BCUT2D eigenvalue weighted by atomic mass is 32.2. The van der Waals surface area contributed by atoms with Crippen molar-refractivity contribution in [3.8, 4) is 5.69 Å². The van der Waals surface area contributed by atoms with Crippen LogP contribution in [-0.4, -0.2) is 23.7 Å². The largest absolute Gasteiger partial charge is 0.306 e. The van der Waals surface area contributed by atoms with Crippen LogP contribution in [0, 0.1) is 0 Å². The second-order valence-electron chi connectivity index (χ2n) is 5.07. The van der Waals surface area contributed by atoms with Crippen LogP contribution in [0.1, 0.15) is 38.3 Å². The van der Waals surface area contributed by atoms with Gasteiger partial charge >= 0.3 is 0 Å². The lowest BCUT2D eigenvalue weighted by molar-refractivity contribution is 0.564. The highest BCUT2D eigenvalue weighted by molar-refractivity contribution is 7.89. The van der Waals surface area contributed by atoms with E-state index in [1.807, 2.05) is 48.9 Å². The van der Waals surface area contributed by atoms with Crippen LogP contribution in [-0.2, 0) is 10.0 Å². The summed E-state index contributed by atoms with van der Waals surface area (Å²) in [6.07, 6.45) is 6.87. The van der Waals surface area contributed by atoms with E-state index < -0.39 is 10.0 Å². The predicted octanol–water partition coefficient (Wildman–Crippen LogP) is 2.65. The Kier molecular flexibility index (Phi) is 5.14. The Labute approximate surface area is 126 Å². The molecular weight excluding hydrogens is 286 g/mol. The maximum absolute atomic E-state index is 11.9. The molecule has 2 aromatic rings. The Bertz CT molecular complexity index is 649. The van der Waals surface area contributed by atoms with Crippen molar-refractivity contribution in [1.82, 2.24) is 14.3 Å². The molecule has 1 aromatic carbocycles. The lowest BCUT2D eigenvalue weighted by Crippen LogP contribution is -2.29. The highest BCUT2D eigenvalue weighted by Gasteiger charge is 2.15. The molecule has 0 amide bonds. The molecule has 114 valence electrons. The first-order valence-corrected chi connectivity index (χ1v) is 8.75. The number of imidazole rings is 1. The number of hydrogen-bond donors (Lipinski definition) is 1. The first-order valence-electron chi connectivity index (χ1n) is 7.10. The Hall–Kier alpha value is -1.66. The van der Waals surface area contributed by atoms with Crippen LogP contribution < -0.4 is 4.72 Å². The lowest BCUT2D eigenvalue weighted by Gasteiger charge is -2.15. The minimum absolute atomic E-state index is 0.182. The minimum atomic E-state index is -3.21. The molecule has 0 radical (unpaired) electrons. The summed E-state index contributed by atoms with van der Waals surface area (Å²) in [5.41, 5.74) is 1.94. The third kappa shape index (κ3) is 4.41. The van der Waals surface area contributed by atoms with Gasteiger partial charge in [0, 0.05) is 24.1 Å². The van der Waals surface area contributed by atoms with Gasteiger partial charge in [0.2, 0.25) is 10.0 Å². The monoisotopic (exact) mass is 307 g/mol. The van der Waals surface area contributed by atoms with Gasteiger partial charge in [-0.25, -0.2) is 18.1 Å². The van der Waals surface area contributed by atoms with E-state index in [2.05, 4.69) is 9.71 Å². The molecule has 1 heterocycles. The number of nitrogens with one attached hydrogen (secondary N) is 1.